The smallest absolute Gasteiger partial charge is 0.273 e. The quantitative estimate of drug-likeness (QED) is 0.754. The first-order valence-electron chi connectivity index (χ1n) is 6.60. The van der Waals surface area contributed by atoms with Crippen molar-refractivity contribution in [3.8, 4) is 11.8 Å². The van der Waals surface area contributed by atoms with Crippen molar-refractivity contribution in [2.75, 3.05) is 13.2 Å². The molecule has 1 rings (SSSR count). The Morgan fingerprint density at radius 1 is 1.43 bits per heavy atom. The largest absolute Gasteiger partial charge is 0.395 e. The summed E-state index contributed by atoms with van der Waals surface area (Å²) in [6, 6.07) is 3.07. The number of rotatable bonds is 5. The maximum Gasteiger partial charge on any atom is 0.273 e. The van der Waals surface area contributed by atoms with Crippen molar-refractivity contribution in [1.82, 2.24) is 9.88 Å². The number of aliphatic hydroxyl groups excluding tert-OH is 1. The lowest BCUT2D eigenvalue weighted by Crippen LogP contribution is -2.43. The Morgan fingerprint density at radius 3 is 2.62 bits per heavy atom. The molecule has 0 saturated carbocycles. The molecule has 0 spiro atoms. The van der Waals surface area contributed by atoms with Gasteiger partial charge >= 0.3 is 0 Å². The molecule has 0 unspecified atom stereocenters. The second-order valence-corrected chi connectivity index (χ2v) is 4.70. The molecule has 0 atom stereocenters. The summed E-state index contributed by atoms with van der Waals surface area (Å²) in [5, 5.41) is 8.64. The number of nitrogens with two attached hydrogens (primary N) is 1. The fraction of sp³-hybridized carbons (Fsp3) is 0.400. The molecule has 1 aromatic rings. The number of amides is 2. The van der Waals surface area contributed by atoms with Crippen molar-refractivity contribution in [1.29, 1.82) is 0 Å². The fourth-order valence-corrected chi connectivity index (χ4v) is 1.62. The fourth-order valence-electron chi connectivity index (χ4n) is 1.62. The molecule has 3 N–H and O–H groups in total. The van der Waals surface area contributed by atoms with E-state index in [1.807, 2.05) is 0 Å². The number of hydrogen-bond donors (Lipinski definition) is 2. The predicted molar refractivity (Wildman–Crippen MR) is 78.2 cm³/mol. The van der Waals surface area contributed by atoms with Crippen molar-refractivity contribution >= 4 is 11.8 Å². The molecule has 0 saturated heterocycles. The van der Waals surface area contributed by atoms with Crippen LogP contribution in [0.1, 0.15) is 36.3 Å². The summed E-state index contributed by atoms with van der Waals surface area (Å²) >= 11 is 0. The number of nitrogens with zero attached hydrogens (tertiary/aromatic N) is 2. The Kier molecular flexibility index (Phi) is 6.37. The highest BCUT2D eigenvalue weighted by atomic mass is 16.2. The molecule has 2 amide bonds. The van der Waals surface area contributed by atoms with Crippen LogP contribution in [0.5, 0.6) is 0 Å². The van der Waals surface area contributed by atoms with E-state index in [1.54, 1.807) is 26.0 Å². The van der Waals surface area contributed by atoms with E-state index >= 15 is 0 Å². The molecule has 1 heterocycles. The lowest BCUT2D eigenvalue weighted by atomic mass is 10.2. The highest BCUT2D eigenvalue weighted by Gasteiger charge is 2.21. The van der Waals surface area contributed by atoms with Gasteiger partial charge in [-0.1, -0.05) is 11.8 Å². The predicted octanol–water partition coefficient (Wildman–Crippen LogP) is 0.151. The van der Waals surface area contributed by atoms with Crippen LogP contribution in [0.25, 0.3) is 0 Å². The summed E-state index contributed by atoms with van der Waals surface area (Å²) < 4.78 is 0. The molecule has 0 bridgehead atoms. The van der Waals surface area contributed by atoms with Crippen molar-refractivity contribution in [3.05, 3.63) is 29.6 Å². The monoisotopic (exact) mass is 289 g/mol. The van der Waals surface area contributed by atoms with Gasteiger partial charge < -0.3 is 15.7 Å². The second-order valence-electron chi connectivity index (χ2n) is 4.70. The maximum absolute atomic E-state index is 12.3. The van der Waals surface area contributed by atoms with E-state index in [2.05, 4.69) is 16.8 Å². The minimum atomic E-state index is -0.566. The standard InChI is InChI=1S/C15H19N3O3/c1-11(2)18(10-14(16)20)15(21)13-7-6-12(9-17-13)5-3-4-8-19/h6-7,9,11,19H,4,8,10H2,1-2H3,(H2,16,20). The Balaban J connectivity index is 2.87. The molecule has 112 valence electrons. The van der Waals surface area contributed by atoms with Gasteiger partial charge in [-0.3, -0.25) is 9.59 Å². The molecule has 0 radical (unpaired) electrons. The van der Waals surface area contributed by atoms with Gasteiger partial charge in [-0.05, 0) is 26.0 Å². The third kappa shape index (κ3) is 5.24. The zero-order chi connectivity index (χ0) is 15.8. The topological polar surface area (TPSA) is 96.5 Å². The third-order valence-electron chi connectivity index (χ3n) is 2.66. The highest BCUT2D eigenvalue weighted by Crippen LogP contribution is 2.07. The Bertz CT molecular complexity index is 556. The lowest BCUT2D eigenvalue weighted by Gasteiger charge is -2.24. The van der Waals surface area contributed by atoms with Gasteiger partial charge in [-0.15, -0.1) is 0 Å². The molecule has 1 aromatic heterocycles. The van der Waals surface area contributed by atoms with Gasteiger partial charge in [0.2, 0.25) is 5.91 Å². The average Bonchev–Trinajstić information content (AvgIpc) is 2.44. The molecule has 21 heavy (non-hydrogen) atoms. The van der Waals surface area contributed by atoms with E-state index in [-0.39, 0.29) is 30.8 Å². The van der Waals surface area contributed by atoms with Crippen LogP contribution in [0, 0.1) is 11.8 Å². The van der Waals surface area contributed by atoms with Gasteiger partial charge in [0.25, 0.3) is 5.91 Å². The SMILES string of the molecule is CC(C)N(CC(N)=O)C(=O)c1ccc(C#CCCO)cn1. The van der Waals surface area contributed by atoms with Gasteiger partial charge in [-0.2, -0.15) is 0 Å². The first-order valence-corrected chi connectivity index (χ1v) is 6.60. The molecule has 0 aliphatic heterocycles. The summed E-state index contributed by atoms with van der Waals surface area (Å²) in [5.41, 5.74) is 6.04. The molecule has 0 aliphatic rings. The molecule has 6 heteroatoms. The van der Waals surface area contributed by atoms with Crippen LogP contribution in [-0.4, -0.2) is 46.0 Å². The zero-order valence-electron chi connectivity index (χ0n) is 12.2. The molecule has 6 nitrogen and oxygen atoms in total. The second kappa shape index (κ2) is 8.02. The summed E-state index contributed by atoms with van der Waals surface area (Å²) in [7, 11) is 0. The summed E-state index contributed by atoms with van der Waals surface area (Å²) in [4.78, 5) is 28.7. The van der Waals surface area contributed by atoms with Crippen LogP contribution >= 0.6 is 0 Å². The van der Waals surface area contributed by atoms with E-state index in [4.69, 9.17) is 10.8 Å². The minimum Gasteiger partial charge on any atom is -0.395 e. The molecule has 0 aliphatic carbocycles. The van der Waals surface area contributed by atoms with Gasteiger partial charge in [0.05, 0.1) is 13.2 Å². The Hall–Kier alpha value is -2.39. The first kappa shape index (κ1) is 16.7. The first-order chi connectivity index (χ1) is 9.95. The van der Waals surface area contributed by atoms with Crippen LogP contribution in [0.3, 0.4) is 0 Å². The van der Waals surface area contributed by atoms with Crippen molar-refractivity contribution in [3.63, 3.8) is 0 Å². The van der Waals surface area contributed by atoms with Gasteiger partial charge in [0, 0.05) is 24.2 Å². The molecule has 0 aromatic carbocycles. The normalized spacial score (nSPS) is 9.90. The summed E-state index contributed by atoms with van der Waals surface area (Å²) in [6.07, 6.45) is 1.88. The van der Waals surface area contributed by atoms with E-state index in [1.165, 1.54) is 11.1 Å². The van der Waals surface area contributed by atoms with E-state index in [0.717, 1.165) is 0 Å². The maximum atomic E-state index is 12.3. The van der Waals surface area contributed by atoms with Crippen molar-refractivity contribution in [2.45, 2.75) is 26.3 Å². The van der Waals surface area contributed by atoms with E-state index < -0.39 is 5.91 Å². The minimum absolute atomic E-state index is 0.00740. The van der Waals surface area contributed by atoms with Crippen LogP contribution < -0.4 is 5.73 Å². The average molecular weight is 289 g/mol. The van der Waals surface area contributed by atoms with E-state index in [0.29, 0.717) is 12.0 Å². The lowest BCUT2D eigenvalue weighted by molar-refractivity contribution is -0.119. The van der Waals surface area contributed by atoms with Gasteiger partial charge in [0.15, 0.2) is 0 Å². The number of pyridine rings is 1. The highest BCUT2D eigenvalue weighted by molar-refractivity contribution is 5.94. The molecular formula is C15H19N3O3. The van der Waals surface area contributed by atoms with Crippen molar-refractivity contribution in [2.24, 2.45) is 5.73 Å². The number of carbonyl (C=O) groups excluding carboxylic acids is 2. The van der Waals surface area contributed by atoms with Crippen LogP contribution in [0.2, 0.25) is 0 Å². The number of aliphatic hydroxyl groups is 1. The van der Waals surface area contributed by atoms with Gasteiger partial charge in [0.1, 0.15) is 5.69 Å². The Labute approximate surface area is 124 Å². The third-order valence-corrected chi connectivity index (χ3v) is 2.66. The van der Waals surface area contributed by atoms with Gasteiger partial charge in [-0.25, -0.2) is 4.98 Å². The Morgan fingerprint density at radius 2 is 2.14 bits per heavy atom. The van der Waals surface area contributed by atoms with Crippen LogP contribution in [0.15, 0.2) is 18.3 Å². The van der Waals surface area contributed by atoms with Crippen molar-refractivity contribution < 1.29 is 14.7 Å². The number of hydrogen-bond acceptors (Lipinski definition) is 4. The van der Waals surface area contributed by atoms with Crippen LogP contribution in [0.4, 0.5) is 0 Å². The summed E-state index contributed by atoms with van der Waals surface area (Å²) in [6.45, 7) is 3.47. The number of carbonyl (C=O) groups is 2. The molecule has 0 fully saturated rings. The summed E-state index contributed by atoms with van der Waals surface area (Å²) in [5.74, 6) is 4.68. The van der Waals surface area contributed by atoms with Crippen LogP contribution in [-0.2, 0) is 4.79 Å². The molecular weight excluding hydrogens is 270 g/mol. The van der Waals surface area contributed by atoms with E-state index in [9.17, 15) is 9.59 Å². The zero-order valence-corrected chi connectivity index (χ0v) is 12.2. The number of primary amides is 1. The number of aromatic nitrogens is 1.